The Morgan fingerprint density at radius 1 is 1.25 bits per heavy atom. The van der Waals surface area contributed by atoms with Crippen molar-refractivity contribution < 1.29 is 0 Å². The van der Waals surface area contributed by atoms with Crippen molar-refractivity contribution in [2.24, 2.45) is 0 Å². The molecule has 2 atom stereocenters. The molecule has 2 aromatic rings. The maximum Gasteiger partial charge on any atom is 0.328 e. The van der Waals surface area contributed by atoms with Crippen LogP contribution in [0.2, 0.25) is 0 Å². The van der Waals surface area contributed by atoms with E-state index in [0.29, 0.717) is 11.7 Å². The fourth-order valence-corrected chi connectivity index (χ4v) is 3.71. The molecule has 1 aliphatic carbocycles. The van der Waals surface area contributed by atoms with Crippen LogP contribution in [-0.2, 0) is 5.54 Å². The van der Waals surface area contributed by atoms with E-state index in [1.54, 1.807) is 4.57 Å². The fraction of sp³-hybridized carbons (Fsp3) is 0.667. The first-order valence-corrected chi connectivity index (χ1v) is 8.83. The van der Waals surface area contributed by atoms with Crippen molar-refractivity contribution in [2.75, 3.05) is 5.73 Å². The highest BCUT2D eigenvalue weighted by Gasteiger charge is 2.31. The summed E-state index contributed by atoms with van der Waals surface area (Å²) >= 11 is 0. The molecule has 2 N–H and O–H groups in total. The highest BCUT2D eigenvalue weighted by Crippen LogP contribution is 2.40. The molecule has 1 saturated carbocycles. The molecule has 6 nitrogen and oxygen atoms in total. The van der Waals surface area contributed by atoms with Crippen LogP contribution in [0.3, 0.4) is 0 Å². The molecule has 2 aromatic heterocycles. The summed E-state index contributed by atoms with van der Waals surface area (Å²) in [6.07, 6.45) is 6.83. The zero-order valence-corrected chi connectivity index (χ0v) is 15.4. The highest BCUT2D eigenvalue weighted by atomic mass is 16.1. The number of nitrogens with zero attached hydrogens (tertiary/aromatic N) is 4. The van der Waals surface area contributed by atoms with Crippen molar-refractivity contribution in [3.8, 4) is 0 Å². The normalized spacial score (nSPS) is 21.8. The first-order chi connectivity index (χ1) is 11.2. The Hall–Kier alpha value is -1.98. The van der Waals surface area contributed by atoms with E-state index < -0.39 is 0 Å². The van der Waals surface area contributed by atoms with Gasteiger partial charge in [0.05, 0.1) is 11.2 Å². The van der Waals surface area contributed by atoms with Crippen molar-refractivity contribution in [1.82, 2.24) is 18.9 Å². The lowest BCUT2D eigenvalue weighted by atomic mass is 10.0. The van der Waals surface area contributed by atoms with E-state index in [2.05, 4.69) is 20.8 Å². The molecule has 24 heavy (non-hydrogen) atoms. The Balaban J connectivity index is 1.80. The molecule has 0 radical (unpaired) electrons. The lowest BCUT2D eigenvalue weighted by Gasteiger charge is -2.20. The van der Waals surface area contributed by atoms with Gasteiger partial charge in [0.25, 0.3) is 0 Å². The van der Waals surface area contributed by atoms with Gasteiger partial charge >= 0.3 is 5.69 Å². The van der Waals surface area contributed by atoms with Crippen molar-refractivity contribution in [1.29, 1.82) is 0 Å². The number of nitrogen functional groups attached to an aromatic ring is 1. The average Bonchev–Trinajstić information content (AvgIpc) is 3.14. The van der Waals surface area contributed by atoms with Crippen LogP contribution in [0.5, 0.6) is 0 Å². The summed E-state index contributed by atoms with van der Waals surface area (Å²) in [5.74, 6) is 1.08. The smallest absolute Gasteiger partial charge is 0.328 e. The Morgan fingerprint density at radius 2 is 1.96 bits per heavy atom. The Morgan fingerprint density at radius 3 is 2.50 bits per heavy atom. The zero-order chi connectivity index (χ0) is 17.6. The first-order valence-electron chi connectivity index (χ1n) is 8.83. The molecule has 0 aliphatic heterocycles. The third-order valence-electron chi connectivity index (χ3n) is 4.99. The van der Waals surface area contributed by atoms with Crippen LogP contribution in [-0.4, -0.2) is 18.9 Å². The predicted octanol–water partition coefficient (Wildman–Crippen LogP) is 3.27. The van der Waals surface area contributed by atoms with E-state index in [-0.39, 0.29) is 23.3 Å². The molecular weight excluding hydrogens is 302 g/mol. The summed E-state index contributed by atoms with van der Waals surface area (Å²) in [6, 6.07) is 2.45. The predicted molar refractivity (Wildman–Crippen MR) is 96.3 cm³/mol. The van der Waals surface area contributed by atoms with Crippen LogP contribution in [0.1, 0.15) is 77.6 Å². The minimum absolute atomic E-state index is 0.0929. The lowest BCUT2D eigenvalue weighted by Crippen LogP contribution is -2.27. The van der Waals surface area contributed by atoms with Crippen molar-refractivity contribution in [2.45, 2.75) is 77.4 Å². The number of aromatic nitrogens is 4. The number of imidazole rings is 1. The zero-order valence-electron chi connectivity index (χ0n) is 15.4. The summed E-state index contributed by atoms with van der Waals surface area (Å²) in [7, 11) is 0. The summed E-state index contributed by atoms with van der Waals surface area (Å²) < 4.78 is 5.58. The second-order valence-corrected chi connectivity index (χ2v) is 8.23. The molecule has 0 saturated heterocycles. The molecule has 1 aliphatic rings. The molecule has 3 rings (SSSR count). The van der Waals surface area contributed by atoms with Crippen LogP contribution in [0.4, 0.5) is 5.82 Å². The quantitative estimate of drug-likeness (QED) is 0.938. The highest BCUT2D eigenvalue weighted by molar-refractivity contribution is 5.34. The fourth-order valence-electron chi connectivity index (χ4n) is 3.71. The minimum Gasteiger partial charge on any atom is -0.384 e. The van der Waals surface area contributed by atoms with Gasteiger partial charge in [0.2, 0.25) is 0 Å². The largest absolute Gasteiger partial charge is 0.384 e. The van der Waals surface area contributed by atoms with Gasteiger partial charge in [-0.05, 0) is 53.9 Å². The van der Waals surface area contributed by atoms with E-state index in [4.69, 9.17) is 10.8 Å². The summed E-state index contributed by atoms with van der Waals surface area (Å²) in [5.41, 5.74) is 7.17. The standard InChI is InChI=1S/C18H29N5O/c1-12(2)21-8-9-22(17(21)24)14-7-6-13(10-14)15-11-16(19)23(20-15)18(3,4)5/h8-9,11-14H,6-7,10,19H2,1-5H3/t13-,14+/m1/s1. The molecule has 2 heterocycles. The molecule has 0 amide bonds. The average molecular weight is 331 g/mol. The van der Waals surface area contributed by atoms with Gasteiger partial charge in [-0.25, -0.2) is 9.48 Å². The van der Waals surface area contributed by atoms with Gasteiger partial charge in [-0.3, -0.25) is 9.13 Å². The molecule has 0 unspecified atom stereocenters. The first kappa shape index (κ1) is 16.9. The van der Waals surface area contributed by atoms with E-state index in [1.807, 2.05) is 41.6 Å². The van der Waals surface area contributed by atoms with Gasteiger partial charge in [0.15, 0.2) is 0 Å². The number of nitrogens with two attached hydrogens (primary N) is 1. The minimum atomic E-state index is -0.119. The van der Waals surface area contributed by atoms with E-state index >= 15 is 0 Å². The van der Waals surface area contributed by atoms with Gasteiger partial charge in [0.1, 0.15) is 5.82 Å². The Labute approximate surface area is 143 Å². The lowest BCUT2D eigenvalue weighted by molar-refractivity contribution is 0.357. The van der Waals surface area contributed by atoms with E-state index in [1.165, 1.54) is 0 Å². The monoisotopic (exact) mass is 331 g/mol. The second kappa shape index (κ2) is 5.83. The number of hydrogen-bond acceptors (Lipinski definition) is 3. The third-order valence-corrected chi connectivity index (χ3v) is 4.99. The van der Waals surface area contributed by atoms with Crippen LogP contribution in [0.15, 0.2) is 23.3 Å². The van der Waals surface area contributed by atoms with E-state index in [9.17, 15) is 4.79 Å². The SMILES string of the molecule is CC(C)n1ccn([C@H]2CC[C@@H](c3cc(N)n(C(C)(C)C)n3)C2)c1=O. The van der Waals surface area contributed by atoms with E-state index in [0.717, 1.165) is 25.0 Å². The summed E-state index contributed by atoms with van der Waals surface area (Å²) in [4.78, 5) is 12.5. The molecule has 0 bridgehead atoms. The number of anilines is 1. The van der Waals surface area contributed by atoms with Gasteiger partial charge in [0, 0.05) is 36.5 Å². The number of hydrogen-bond donors (Lipinski definition) is 1. The van der Waals surface area contributed by atoms with Crippen LogP contribution in [0.25, 0.3) is 0 Å². The summed E-state index contributed by atoms with van der Waals surface area (Å²) in [6.45, 7) is 10.4. The molecule has 0 aromatic carbocycles. The third kappa shape index (κ3) is 2.89. The second-order valence-electron chi connectivity index (χ2n) is 8.23. The molecule has 1 fully saturated rings. The van der Waals surface area contributed by atoms with Gasteiger partial charge in [-0.15, -0.1) is 0 Å². The van der Waals surface area contributed by atoms with Gasteiger partial charge in [-0.1, -0.05) is 0 Å². The van der Waals surface area contributed by atoms with Crippen molar-refractivity contribution in [3.05, 3.63) is 34.6 Å². The molecular formula is C18H29N5O. The van der Waals surface area contributed by atoms with Crippen LogP contribution >= 0.6 is 0 Å². The topological polar surface area (TPSA) is 70.8 Å². The molecule has 132 valence electrons. The van der Waals surface area contributed by atoms with Crippen molar-refractivity contribution >= 4 is 5.82 Å². The number of rotatable bonds is 3. The van der Waals surface area contributed by atoms with Gasteiger partial charge in [-0.2, -0.15) is 5.10 Å². The Bertz CT molecular complexity index is 774. The van der Waals surface area contributed by atoms with Gasteiger partial charge < -0.3 is 5.73 Å². The summed E-state index contributed by atoms with van der Waals surface area (Å²) in [5, 5.41) is 4.75. The Kier molecular flexibility index (Phi) is 4.10. The van der Waals surface area contributed by atoms with Crippen molar-refractivity contribution in [3.63, 3.8) is 0 Å². The maximum atomic E-state index is 12.5. The molecule has 0 spiro atoms. The van der Waals surface area contributed by atoms with Crippen LogP contribution < -0.4 is 11.4 Å². The molecule has 6 heteroatoms. The maximum absolute atomic E-state index is 12.5. The van der Waals surface area contributed by atoms with Crippen LogP contribution in [0, 0.1) is 0 Å².